The van der Waals surface area contributed by atoms with Gasteiger partial charge in [-0.05, 0) is 42.8 Å². The first-order valence-corrected chi connectivity index (χ1v) is 10.5. The Morgan fingerprint density at radius 3 is 2.75 bits per heavy atom. The smallest absolute Gasteiger partial charge is 0.244 e. The second-order valence-electron chi connectivity index (χ2n) is 6.44. The number of aromatic nitrogens is 2. The Morgan fingerprint density at radius 2 is 1.96 bits per heavy atom. The van der Waals surface area contributed by atoms with Crippen LogP contribution in [-0.4, -0.2) is 15.5 Å². The summed E-state index contributed by atoms with van der Waals surface area (Å²) in [4.78, 5) is 17.3. The van der Waals surface area contributed by atoms with E-state index in [1.807, 2.05) is 83.7 Å². The maximum atomic E-state index is 12.5. The summed E-state index contributed by atoms with van der Waals surface area (Å²) in [6, 6.07) is 19.8. The Labute approximate surface area is 176 Å². The predicted molar refractivity (Wildman–Crippen MR) is 118 cm³/mol. The van der Waals surface area contributed by atoms with Crippen LogP contribution in [0.2, 0.25) is 0 Å². The SMILES string of the molecule is Cc1cc(NC(=O)Cn2cccc2-c2nc(-c3ccccc3)cs2)ccc1Br. The van der Waals surface area contributed by atoms with Crippen molar-refractivity contribution < 1.29 is 4.79 Å². The van der Waals surface area contributed by atoms with Gasteiger partial charge in [0.1, 0.15) is 11.6 Å². The van der Waals surface area contributed by atoms with Crippen LogP contribution in [0, 0.1) is 6.92 Å². The lowest BCUT2D eigenvalue weighted by Crippen LogP contribution is -2.18. The molecule has 4 aromatic rings. The molecule has 2 heterocycles. The number of anilines is 1. The lowest BCUT2D eigenvalue weighted by molar-refractivity contribution is -0.116. The summed E-state index contributed by atoms with van der Waals surface area (Å²) in [6.07, 6.45) is 1.91. The zero-order valence-corrected chi connectivity index (χ0v) is 17.6. The summed E-state index contributed by atoms with van der Waals surface area (Å²) in [7, 11) is 0. The quantitative estimate of drug-likeness (QED) is 0.405. The second-order valence-corrected chi connectivity index (χ2v) is 8.15. The Kier molecular flexibility index (Phi) is 5.41. The van der Waals surface area contributed by atoms with E-state index in [-0.39, 0.29) is 12.5 Å². The van der Waals surface area contributed by atoms with Gasteiger partial charge in [0.05, 0.1) is 11.4 Å². The average molecular weight is 452 g/mol. The molecule has 2 aromatic carbocycles. The number of aryl methyl sites for hydroxylation is 1. The van der Waals surface area contributed by atoms with Crippen LogP contribution in [0.25, 0.3) is 22.0 Å². The third-order valence-corrected chi connectivity index (χ3v) is 6.13. The van der Waals surface area contributed by atoms with Gasteiger partial charge in [0, 0.05) is 27.3 Å². The van der Waals surface area contributed by atoms with Crippen molar-refractivity contribution in [3.63, 3.8) is 0 Å². The number of rotatable bonds is 5. The van der Waals surface area contributed by atoms with Gasteiger partial charge >= 0.3 is 0 Å². The zero-order chi connectivity index (χ0) is 19.5. The molecule has 4 nitrogen and oxygen atoms in total. The molecule has 28 heavy (non-hydrogen) atoms. The molecule has 0 spiro atoms. The molecule has 0 radical (unpaired) electrons. The van der Waals surface area contributed by atoms with Crippen LogP contribution in [0.1, 0.15) is 5.56 Å². The molecule has 0 saturated heterocycles. The fraction of sp³-hybridized carbons (Fsp3) is 0.0909. The molecule has 0 bridgehead atoms. The van der Waals surface area contributed by atoms with E-state index in [9.17, 15) is 4.79 Å². The minimum absolute atomic E-state index is 0.0704. The highest BCUT2D eigenvalue weighted by atomic mass is 79.9. The summed E-state index contributed by atoms with van der Waals surface area (Å²) < 4.78 is 2.95. The van der Waals surface area contributed by atoms with E-state index in [0.717, 1.165) is 37.7 Å². The van der Waals surface area contributed by atoms with Crippen LogP contribution in [0.4, 0.5) is 5.69 Å². The van der Waals surface area contributed by atoms with E-state index in [4.69, 9.17) is 4.98 Å². The first-order chi connectivity index (χ1) is 13.6. The highest BCUT2D eigenvalue weighted by Crippen LogP contribution is 2.29. The number of halogens is 1. The standard InChI is InChI=1S/C22H18BrN3OS/c1-15-12-17(9-10-18(15)23)24-21(27)13-26-11-5-8-20(26)22-25-19(14-28-22)16-6-3-2-4-7-16/h2-12,14H,13H2,1H3,(H,24,27). The van der Waals surface area contributed by atoms with Crippen molar-refractivity contribution in [3.05, 3.63) is 82.3 Å². The Balaban J connectivity index is 1.51. The Morgan fingerprint density at radius 1 is 1.14 bits per heavy atom. The van der Waals surface area contributed by atoms with Crippen molar-refractivity contribution in [3.8, 4) is 22.0 Å². The monoisotopic (exact) mass is 451 g/mol. The number of nitrogens with one attached hydrogen (secondary N) is 1. The third-order valence-electron chi connectivity index (χ3n) is 4.38. The van der Waals surface area contributed by atoms with Gasteiger partial charge < -0.3 is 9.88 Å². The number of hydrogen-bond acceptors (Lipinski definition) is 3. The fourth-order valence-electron chi connectivity index (χ4n) is 2.96. The maximum absolute atomic E-state index is 12.5. The predicted octanol–water partition coefficient (Wildman–Crippen LogP) is 5.99. The van der Waals surface area contributed by atoms with Crippen LogP contribution >= 0.6 is 27.3 Å². The van der Waals surface area contributed by atoms with Crippen LogP contribution in [-0.2, 0) is 11.3 Å². The molecule has 0 saturated carbocycles. The molecular formula is C22H18BrN3OS. The van der Waals surface area contributed by atoms with E-state index in [1.165, 1.54) is 0 Å². The van der Waals surface area contributed by atoms with Gasteiger partial charge in [0.2, 0.25) is 5.91 Å². The maximum Gasteiger partial charge on any atom is 0.244 e. The topological polar surface area (TPSA) is 46.9 Å². The molecule has 1 N–H and O–H groups in total. The van der Waals surface area contributed by atoms with E-state index in [0.29, 0.717) is 0 Å². The van der Waals surface area contributed by atoms with Crippen LogP contribution in [0.3, 0.4) is 0 Å². The lowest BCUT2D eigenvalue weighted by Gasteiger charge is -2.10. The fourth-order valence-corrected chi connectivity index (χ4v) is 4.07. The summed E-state index contributed by atoms with van der Waals surface area (Å²) in [6.45, 7) is 2.23. The molecule has 0 aliphatic carbocycles. The first kappa shape index (κ1) is 18.7. The first-order valence-electron chi connectivity index (χ1n) is 8.82. The van der Waals surface area contributed by atoms with E-state index in [2.05, 4.69) is 21.2 Å². The number of hydrogen-bond donors (Lipinski definition) is 1. The number of thiazole rings is 1. The van der Waals surface area contributed by atoms with Crippen molar-refractivity contribution in [2.75, 3.05) is 5.32 Å². The minimum atomic E-state index is -0.0704. The molecular weight excluding hydrogens is 434 g/mol. The van der Waals surface area contributed by atoms with Crippen LogP contribution < -0.4 is 5.32 Å². The Bertz CT molecular complexity index is 1120. The highest BCUT2D eigenvalue weighted by molar-refractivity contribution is 9.10. The highest BCUT2D eigenvalue weighted by Gasteiger charge is 2.13. The molecule has 0 unspecified atom stereocenters. The van der Waals surface area contributed by atoms with E-state index >= 15 is 0 Å². The van der Waals surface area contributed by atoms with Gasteiger partial charge in [-0.2, -0.15) is 0 Å². The summed E-state index contributed by atoms with van der Waals surface area (Å²) in [5.74, 6) is -0.0704. The van der Waals surface area contributed by atoms with Crippen LogP contribution in [0.15, 0.2) is 76.7 Å². The number of benzene rings is 2. The van der Waals surface area contributed by atoms with Crippen molar-refractivity contribution in [2.45, 2.75) is 13.5 Å². The molecule has 1 amide bonds. The molecule has 2 aromatic heterocycles. The largest absolute Gasteiger partial charge is 0.336 e. The zero-order valence-electron chi connectivity index (χ0n) is 15.2. The summed E-state index contributed by atoms with van der Waals surface area (Å²) >= 11 is 5.06. The van der Waals surface area contributed by atoms with Gasteiger partial charge in [-0.25, -0.2) is 4.98 Å². The lowest BCUT2D eigenvalue weighted by atomic mass is 10.2. The van der Waals surface area contributed by atoms with Gasteiger partial charge in [-0.3, -0.25) is 4.79 Å². The average Bonchev–Trinajstić information content (AvgIpc) is 3.34. The summed E-state index contributed by atoms with van der Waals surface area (Å²) in [5, 5.41) is 5.91. The number of carbonyl (C=O) groups is 1. The number of nitrogens with zero attached hydrogens (tertiary/aromatic N) is 2. The molecule has 6 heteroatoms. The van der Waals surface area contributed by atoms with Crippen molar-refractivity contribution >= 4 is 38.9 Å². The van der Waals surface area contributed by atoms with Crippen molar-refractivity contribution in [1.29, 1.82) is 0 Å². The Hall–Kier alpha value is -2.70. The molecule has 0 aliphatic heterocycles. The third kappa shape index (κ3) is 4.08. The summed E-state index contributed by atoms with van der Waals surface area (Å²) in [5.41, 5.74) is 4.85. The van der Waals surface area contributed by atoms with E-state index in [1.54, 1.807) is 11.3 Å². The van der Waals surface area contributed by atoms with Gasteiger partial charge in [0.15, 0.2) is 0 Å². The normalized spacial score (nSPS) is 10.8. The van der Waals surface area contributed by atoms with Gasteiger partial charge in [-0.15, -0.1) is 11.3 Å². The number of carbonyl (C=O) groups excluding carboxylic acids is 1. The molecule has 4 rings (SSSR count). The minimum Gasteiger partial charge on any atom is -0.336 e. The van der Waals surface area contributed by atoms with Crippen LogP contribution in [0.5, 0.6) is 0 Å². The molecule has 140 valence electrons. The van der Waals surface area contributed by atoms with Crippen molar-refractivity contribution in [1.82, 2.24) is 9.55 Å². The van der Waals surface area contributed by atoms with E-state index < -0.39 is 0 Å². The molecule has 0 atom stereocenters. The van der Waals surface area contributed by atoms with Gasteiger partial charge in [0.25, 0.3) is 0 Å². The van der Waals surface area contributed by atoms with Crippen molar-refractivity contribution in [2.24, 2.45) is 0 Å². The second kappa shape index (κ2) is 8.12. The molecule has 0 aliphatic rings. The molecule has 0 fully saturated rings. The van der Waals surface area contributed by atoms with Gasteiger partial charge in [-0.1, -0.05) is 46.3 Å². The number of amides is 1.